The summed E-state index contributed by atoms with van der Waals surface area (Å²) < 4.78 is 25.9. The van der Waals surface area contributed by atoms with E-state index in [1.165, 1.54) is 0 Å². The number of benzene rings is 2. The minimum absolute atomic E-state index is 0.0884. The topological polar surface area (TPSA) is 120 Å². The fraction of sp³-hybridized carbons (Fsp3) is 0.0526. The monoisotopic (exact) mass is 452 g/mol. The molecule has 0 aliphatic carbocycles. The summed E-state index contributed by atoms with van der Waals surface area (Å²) in [6, 6.07) is 14.0. The van der Waals surface area contributed by atoms with Crippen molar-refractivity contribution in [1.29, 1.82) is 0 Å². The van der Waals surface area contributed by atoms with E-state index in [0.717, 1.165) is 5.56 Å². The number of nitrogens with zero attached hydrogens (tertiary/aromatic N) is 1. The Labute approximate surface area is 176 Å². The van der Waals surface area contributed by atoms with Gasteiger partial charge in [0.05, 0.1) is 28.8 Å². The Morgan fingerprint density at radius 3 is 1.83 bits per heavy atom. The zero-order chi connectivity index (χ0) is 21.3. The predicted molar refractivity (Wildman–Crippen MR) is 112 cm³/mol. The van der Waals surface area contributed by atoms with E-state index in [0.29, 0.717) is 44.4 Å². The smallest absolute Gasteiger partial charge is 0.280 e. The molecule has 3 aromatic rings. The van der Waals surface area contributed by atoms with Gasteiger partial charge in [0.2, 0.25) is 0 Å². The number of amides is 1. The van der Waals surface area contributed by atoms with Crippen LogP contribution < -0.4 is 0 Å². The molecule has 7 nitrogen and oxygen atoms in total. The van der Waals surface area contributed by atoms with Gasteiger partial charge in [-0.05, 0) is 29.8 Å². The highest BCUT2D eigenvalue weighted by Crippen LogP contribution is 2.38. The van der Waals surface area contributed by atoms with E-state index in [1.807, 2.05) is 0 Å². The lowest BCUT2D eigenvalue weighted by Gasteiger charge is -2.01. The Bertz CT molecular complexity index is 1210. The number of aromatic hydroxyl groups is 1. The van der Waals surface area contributed by atoms with Gasteiger partial charge in [-0.15, -0.1) is 0 Å². The van der Waals surface area contributed by atoms with Crippen molar-refractivity contribution < 1.29 is 22.9 Å². The third-order valence-corrected chi connectivity index (χ3v) is 4.40. The maximum absolute atomic E-state index is 12.4. The highest BCUT2D eigenvalue weighted by molar-refractivity contribution is 7.85. The van der Waals surface area contributed by atoms with Crippen LogP contribution in [0.2, 0.25) is 10.0 Å². The van der Waals surface area contributed by atoms with Crippen LogP contribution in [0.5, 0.6) is 5.88 Å². The lowest BCUT2D eigenvalue weighted by atomic mass is 10.0. The number of fused-ring (bicyclic) bond motifs is 1. The second-order valence-corrected chi connectivity index (χ2v) is 8.45. The van der Waals surface area contributed by atoms with Gasteiger partial charge in [0, 0.05) is 15.6 Å². The van der Waals surface area contributed by atoms with Crippen molar-refractivity contribution in [1.82, 2.24) is 4.98 Å². The standard InChI is InChI=1S/C18H10Cl2N2O2.CH4O3S/c19-11-5-1-9(2-6-11)15-13-14(18(24)21-15)16(22-17(13)23)10-3-7-12(20)8-4-10;1-5(2,3)4/h1-8,21,24H;1H3,(H,2,3,4). The van der Waals surface area contributed by atoms with Gasteiger partial charge < -0.3 is 10.1 Å². The fourth-order valence-corrected chi connectivity index (χ4v) is 3.05. The number of hydrogen-bond donors (Lipinski definition) is 3. The molecular formula is C19H14Cl2N2O5S. The van der Waals surface area contributed by atoms with Crippen molar-refractivity contribution >= 4 is 44.9 Å². The Hall–Kier alpha value is -2.65. The van der Waals surface area contributed by atoms with Gasteiger partial charge in [0.15, 0.2) is 5.88 Å². The molecule has 0 atom stereocenters. The molecule has 0 spiro atoms. The van der Waals surface area contributed by atoms with Gasteiger partial charge >= 0.3 is 0 Å². The minimum Gasteiger partial charge on any atom is -0.494 e. The van der Waals surface area contributed by atoms with E-state index in [4.69, 9.17) is 27.8 Å². The summed E-state index contributed by atoms with van der Waals surface area (Å²) in [5.41, 5.74) is 3.19. The van der Waals surface area contributed by atoms with Crippen molar-refractivity contribution in [3.63, 3.8) is 0 Å². The molecule has 0 saturated carbocycles. The molecule has 1 amide bonds. The van der Waals surface area contributed by atoms with Gasteiger partial charge in [-0.3, -0.25) is 9.35 Å². The molecule has 1 aliphatic rings. The second-order valence-electron chi connectivity index (χ2n) is 6.11. The molecule has 1 aliphatic heterocycles. The molecular weight excluding hydrogens is 439 g/mol. The summed E-state index contributed by atoms with van der Waals surface area (Å²) >= 11 is 11.8. The summed E-state index contributed by atoms with van der Waals surface area (Å²) in [5, 5.41) is 11.5. The molecule has 2 aromatic carbocycles. The average Bonchev–Trinajstić information content (AvgIpc) is 3.14. The molecule has 0 radical (unpaired) electrons. The Balaban J connectivity index is 0.000000431. The average molecular weight is 453 g/mol. The van der Waals surface area contributed by atoms with Crippen LogP contribution in [0.3, 0.4) is 0 Å². The maximum Gasteiger partial charge on any atom is 0.280 e. The van der Waals surface area contributed by atoms with Gasteiger partial charge in [-0.25, -0.2) is 4.99 Å². The highest BCUT2D eigenvalue weighted by atomic mass is 35.5. The van der Waals surface area contributed by atoms with Crippen LogP contribution in [-0.2, 0) is 10.1 Å². The van der Waals surface area contributed by atoms with Crippen LogP contribution >= 0.6 is 23.2 Å². The predicted octanol–water partition coefficient (Wildman–Crippen LogP) is 4.19. The summed E-state index contributed by atoms with van der Waals surface area (Å²) in [7, 11) is -3.67. The lowest BCUT2D eigenvalue weighted by Crippen LogP contribution is -1.99. The first-order chi connectivity index (χ1) is 13.5. The number of hydrogen-bond acceptors (Lipinski definition) is 4. The normalized spacial score (nSPS) is 12.8. The van der Waals surface area contributed by atoms with E-state index >= 15 is 0 Å². The first-order valence-corrected chi connectivity index (χ1v) is 10.7. The van der Waals surface area contributed by atoms with Crippen molar-refractivity contribution in [2.45, 2.75) is 0 Å². The van der Waals surface area contributed by atoms with Gasteiger partial charge in [0.25, 0.3) is 16.0 Å². The van der Waals surface area contributed by atoms with Crippen LogP contribution in [0.25, 0.3) is 11.3 Å². The Morgan fingerprint density at radius 1 is 0.897 bits per heavy atom. The first-order valence-electron chi connectivity index (χ1n) is 8.07. The molecule has 0 bridgehead atoms. The minimum atomic E-state index is -3.67. The molecule has 2 heterocycles. The number of carbonyl (C=O) groups is 1. The zero-order valence-electron chi connectivity index (χ0n) is 14.8. The molecule has 1 aromatic heterocycles. The summed E-state index contributed by atoms with van der Waals surface area (Å²) in [5.74, 6) is -0.481. The number of aliphatic imine (C=N–C) groups is 1. The van der Waals surface area contributed by atoms with E-state index in [2.05, 4.69) is 9.98 Å². The molecule has 0 saturated heterocycles. The van der Waals surface area contributed by atoms with Crippen LogP contribution in [0.15, 0.2) is 53.5 Å². The van der Waals surface area contributed by atoms with E-state index in [-0.39, 0.29) is 5.88 Å². The van der Waals surface area contributed by atoms with Crippen molar-refractivity contribution in [2.24, 2.45) is 4.99 Å². The van der Waals surface area contributed by atoms with Crippen LogP contribution in [0.1, 0.15) is 21.5 Å². The largest absolute Gasteiger partial charge is 0.494 e. The van der Waals surface area contributed by atoms with Crippen LogP contribution in [-0.4, -0.2) is 40.9 Å². The fourth-order valence-electron chi connectivity index (χ4n) is 2.79. The third-order valence-electron chi connectivity index (χ3n) is 3.89. The van der Waals surface area contributed by atoms with Gasteiger partial charge in [0.1, 0.15) is 0 Å². The summed E-state index contributed by atoms with van der Waals surface area (Å²) in [4.78, 5) is 19.4. The molecule has 3 N–H and O–H groups in total. The number of nitrogens with one attached hydrogen (secondary N) is 1. The Morgan fingerprint density at radius 2 is 1.34 bits per heavy atom. The van der Waals surface area contributed by atoms with E-state index in [9.17, 15) is 18.3 Å². The summed E-state index contributed by atoms with van der Waals surface area (Å²) in [6.07, 6.45) is 0.715. The molecule has 29 heavy (non-hydrogen) atoms. The first kappa shape index (κ1) is 21.1. The third kappa shape index (κ3) is 4.86. The molecule has 0 unspecified atom stereocenters. The Kier molecular flexibility index (Phi) is 5.81. The maximum atomic E-state index is 12.4. The lowest BCUT2D eigenvalue weighted by molar-refractivity contribution is 0.101. The van der Waals surface area contributed by atoms with E-state index < -0.39 is 16.0 Å². The summed E-state index contributed by atoms with van der Waals surface area (Å²) in [6.45, 7) is 0. The number of rotatable bonds is 2. The molecule has 150 valence electrons. The van der Waals surface area contributed by atoms with Gasteiger partial charge in [-0.1, -0.05) is 47.5 Å². The van der Waals surface area contributed by atoms with Crippen molar-refractivity contribution in [2.75, 3.05) is 6.26 Å². The number of carbonyl (C=O) groups excluding carboxylic acids is 1. The van der Waals surface area contributed by atoms with Crippen molar-refractivity contribution in [3.05, 3.63) is 75.3 Å². The quantitative estimate of drug-likeness (QED) is 0.503. The molecule has 4 rings (SSSR count). The second kappa shape index (κ2) is 8.00. The van der Waals surface area contributed by atoms with E-state index in [1.54, 1.807) is 48.5 Å². The highest BCUT2D eigenvalue weighted by Gasteiger charge is 2.33. The number of aromatic nitrogens is 1. The number of aromatic amines is 1. The number of H-pyrrole nitrogens is 1. The van der Waals surface area contributed by atoms with Gasteiger partial charge in [-0.2, -0.15) is 8.42 Å². The SMILES string of the molecule is CS(=O)(=O)O.O=C1N=C(c2ccc(Cl)cc2)c2c(O)[nH]c(-c3ccc(Cl)cc3)c21. The van der Waals surface area contributed by atoms with Crippen LogP contribution in [0, 0.1) is 0 Å². The molecule has 0 fully saturated rings. The molecule has 10 heteroatoms. The zero-order valence-corrected chi connectivity index (χ0v) is 17.2. The van der Waals surface area contributed by atoms with Crippen LogP contribution in [0.4, 0.5) is 0 Å². The van der Waals surface area contributed by atoms with Crippen molar-refractivity contribution in [3.8, 4) is 17.1 Å². The number of halogens is 2.